The minimum atomic E-state index is -0.592. The van der Waals surface area contributed by atoms with Gasteiger partial charge in [0.15, 0.2) is 4.80 Å². The van der Waals surface area contributed by atoms with Crippen molar-refractivity contribution in [3.63, 3.8) is 0 Å². The van der Waals surface area contributed by atoms with Crippen LogP contribution in [-0.4, -0.2) is 28.5 Å². The topological polar surface area (TPSA) is 104 Å². The highest BCUT2D eigenvalue weighted by Crippen LogP contribution is 2.25. The van der Waals surface area contributed by atoms with Crippen LogP contribution in [0.15, 0.2) is 35.3 Å². The zero-order valence-electron chi connectivity index (χ0n) is 13.8. The van der Waals surface area contributed by atoms with Gasteiger partial charge in [0, 0.05) is 6.07 Å². The predicted molar refractivity (Wildman–Crippen MR) is 97.4 cm³/mol. The number of benzene rings is 1. The lowest BCUT2D eigenvalue weighted by molar-refractivity contribution is -0.380. The van der Waals surface area contributed by atoms with Gasteiger partial charge in [0.2, 0.25) is 0 Å². The molecule has 0 N–H and O–H groups in total. The molecule has 0 aliphatic carbocycles. The number of amides is 1. The molecule has 0 atom stereocenters. The number of hydrogen-bond donors (Lipinski definition) is 0. The Bertz CT molecular complexity index is 1090. The standard InChI is InChI=1S/C16H13N3O5S2/c1-9-4-3-5-10-14(9)18(8-13(20)24-2)16(26-10)17-15(21)11-6-7-12(25-11)19(22)23/h3-7H,8H2,1-2H3. The summed E-state index contributed by atoms with van der Waals surface area (Å²) in [5.41, 5.74) is 1.73. The van der Waals surface area contributed by atoms with E-state index in [0.717, 1.165) is 27.1 Å². The highest BCUT2D eigenvalue weighted by atomic mass is 32.1. The number of nitrogens with zero attached hydrogens (tertiary/aromatic N) is 3. The average Bonchev–Trinajstić information content (AvgIpc) is 3.21. The molecule has 10 heteroatoms. The Balaban J connectivity index is 2.13. The smallest absolute Gasteiger partial charge is 0.325 e. The molecule has 3 aromatic rings. The maximum absolute atomic E-state index is 12.4. The van der Waals surface area contributed by atoms with Gasteiger partial charge in [-0.1, -0.05) is 34.8 Å². The number of rotatable bonds is 4. The van der Waals surface area contributed by atoms with Crippen LogP contribution in [0.5, 0.6) is 0 Å². The third kappa shape index (κ3) is 3.41. The second-order valence-corrected chi connectivity index (χ2v) is 7.35. The lowest BCUT2D eigenvalue weighted by atomic mass is 10.2. The van der Waals surface area contributed by atoms with Crippen LogP contribution >= 0.6 is 22.7 Å². The Kier molecular flexibility index (Phi) is 4.96. The number of aromatic nitrogens is 1. The van der Waals surface area contributed by atoms with E-state index >= 15 is 0 Å². The van der Waals surface area contributed by atoms with Gasteiger partial charge >= 0.3 is 11.0 Å². The number of thiazole rings is 1. The van der Waals surface area contributed by atoms with Crippen LogP contribution in [0.25, 0.3) is 10.2 Å². The van der Waals surface area contributed by atoms with E-state index in [1.54, 1.807) is 4.57 Å². The summed E-state index contributed by atoms with van der Waals surface area (Å²) in [6, 6.07) is 8.30. The second kappa shape index (κ2) is 7.18. The van der Waals surface area contributed by atoms with E-state index in [0.29, 0.717) is 4.80 Å². The number of carbonyl (C=O) groups excluding carboxylic acids is 2. The number of para-hydroxylation sites is 1. The van der Waals surface area contributed by atoms with E-state index < -0.39 is 16.8 Å². The highest BCUT2D eigenvalue weighted by Gasteiger charge is 2.17. The molecule has 0 saturated heterocycles. The SMILES string of the molecule is COC(=O)Cn1c(=NC(=O)c2ccc([N+](=O)[O-])s2)sc2cccc(C)c21. The molecular formula is C16H13N3O5S2. The van der Waals surface area contributed by atoms with Crippen LogP contribution in [-0.2, 0) is 16.1 Å². The zero-order chi connectivity index (χ0) is 18.8. The minimum absolute atomic E-state index is 0.0853. The van der Waals surface area contributed by atoms with Crippen LogP contribution < -0.4 is 4.80 Å². The van der Waals surface area contributed by atoms with Crippen LogP contribution in [0, 0.1) is 17.0 Å². The van der Waals surface area contributed by atoms with Crippen LogP contribution in [0.4, 0.5) is 5.00 Å². The van der Waals surface area contributed by atoms with Crippen LogP contribution in [0.2, 0.25) is 0 Å². The molecule has 0 spiro atoms. The normalized spacial score (nSPS) is 11.7. The van der Waals surface area contributed by atoms with Gasteiger partial charge in [-0.05, 0) is 24.6 Å². The fourth-order valence-corrected chi connectivity index (χ4v) is 4.23. The zero-order valence-corrected chi connectivity index (χ0v) is 15.4. The third-order valence-corrected chi connectivity index (χ3v) is 5.67. The Labute approximate surface area is 155 Å². The Morgan fingerprint density at radius 3 is 2.69 bits per heavy atom. The van der Waals surface area contributed by atoms with Crippen LogP contribution in [0.1, 0.15) is 15.2 Å². The maximum Gasteiger partial charge on any atom is 0.325 e. The van der Waals surface area contributed by atoms with Gasteiger partial charge in [-0.15, -0.1) is 0 Å². The molecule has 3 rings (SSSR count). The van der Waals surface area contributed by atoms with Crippen molar-refractivity contribution in [2.24, 2.45) is 4.99 Å². The molecule has 0 bridgehead atoms. The van der Waals surface area contributed by atoms with E-state index in [2.05, 4.69) is 4.99 Å². The molecular weight excluding hydrogens is 378 g/mol. The molecule has 8 nitrogen and oxygen atoms in total. The molecule has 0 radical (unpaired) electrons. The van der Waals surface area contributed by atoms with Crippen molar-refractivity contribution >= 4 is 49.8 Å². The fourth-order valence-electron chi connectivity index (χ4n) is 2.42. The van der Waals surface area contributed by atoms with Gasteiger partial charge in [0.1, 0.15) is 11.4 Å². The first-order chi connectivity index (χ1) is 12.4. The summed E-state index contributed by atoms with van der Waals surface area (Å²) in [5.74, 6) is -1.06. The summed E-state index contributed by atoms with van der Waals surface area (Å²) in [5, 5.41) is 10.7. The van der Waals surface area contributed by atoms with Gasteiger partial charge in [-0.3, -0.25) is 19.7 Å². The lowest BCUT2D eigenvalue weighted by Gasteiger charge is -2.05. The van der Waals surface area contributed by atoms with Gasteiger partial charge in [0.05, 0.1) is 22.2 Å². The van der Waals surface area contributed by atoms with Crippen LogP contribution in [0.3, 0.4) is 0 Å². The first-order valence-electron chi connectivity index (χ1n) is 7.39. The number of methoxy groups -OCH3 is 1. The maximum atomic E-state index is 12.4. The second-order valence-electron chi connectivity index (χ2n) is 5.28. The first kappa shape index (κ1) is 18.0. The Morgan fingerprint density at radius 2 is 2.04 bits per heavy atom. The molecule has 0 aliphatic heterocycles. The number of carbonyl (C=O) groups is 2. The van der Waals surface area contributed by atoms with Crippen molar-refractivity contribution in [2.75, 3.05) is 7.11 Å². The Morgan fingerprint density at radius 1 is 1.27 bits per heavy atom. The summed E-state index contributed by atoms with van der Waals surface area (Å²) in [7, 11) is 1.29. The molecule has 2 heterocycles. The predicted octanol–water partition coefficient (Wildman–Crippen LogP) is 2.90. The molecule has 0 saturated carbocycles. The number of fused-ring (bicyclic) bond motifs is 1. The fraction of sp³-hybridized carbons (Fsp3) is 0.188. The van der Waals surface area contributed by atoms with E-state index in [1.807, 2.05) is 25.1 Å². The van der Waals surface area contributed by atoms with Crippen molar-refractivity contribution in [2.45, 2.75) is 13.5 Å². The largest absolute Gasteiger partial charge is 0.468 e. The van der Waals surface area contributed by atoms with Gasteiger partial charge in [-0.25, -0.2) is 0 Å². The lowest BCUT2D eigenvalue weighted by Crippen LogP contribution is -2.22. The van der Waals surface area contributed by atoms with E-state index in [-0.39, 0.29) is 16.4 Å². The molecule has 2 aromatic heterocycles. The monoisotopic (exact) mass is 391 g/mol. The van der Waals surface area contributed by atoms with E-state index in [1.165, 1.54) is 30.6 Å². The van der Waals surface area contributed by atoms with Crippen molar-refractivity contribution in [1.29, 1.82) is 0 Å². The molecule has 0 fully saturated rings. The summed E-state index contributed by atoms with van der Waals surface area (Å²) >= 11 is 2.03. The van der Waals surface area contributed by atoms with Crippen molar-refractivity contribution < 1.29 is 19.2 Å². The summed E-state index contributed by atoms with van der Waals surface area (Å²) in [6.45, 7) is 1.81. The summed E-state index contributed by atoms with van der Waals surface area (Å²) < 4.78 is 7.23. The summed E-state index contributed by atoms with van der Waals surface area (Å²) in [4.78, 5) is 39.0. The number of ether oxygens (including phenoxy) is 1. The van der Waals surface area contributed by atoms with E-state index in [4.69, 9.17) is 4.74 Å². The molecule has 1 aromatic carbocycles. The minimum Gasteiger partial charge on any atom is -0.468 e. The average molecular weight is 391 g/mol. The molecule has 134 valence electrons. The number of aryl methyl sites for hydroxylation is 1. The molecule has 0 aliphatic rings. The number of thiophene rings is 1. The number of hydrogen-bond acceptors (Lipinski definition) is 7. The van der Waals surface area contributed by atoms with Crippen molar-refractivity contribution in [1.82, 2.24) is 4.57 Å². The third-order valence-electron chi connectivity index (χ3n) is 3.60. The van der Waals surface area contributed by atoms with E-state index in [9.17, 15) is 19.7 Å². The molecule has 1 amide bonds. The Hall–Kier alpha value is -2.85. The summed E-state index contributed by atoms with van der Waals surface area (Å²) in [6.07, 6.45) is 0. The molecule has 0 unspecified atom stereocenters. The number of nitro groups is 1. The van der Waals surface area contributed by atoms with Crippen molar-refractivity contribution in [3.8, 4) is 0 Å². The van der Waals surface area contributed by atoms with Gasteiger partial charge in [-0.2, -0.15) is 4.99 Å². The van der Waals surface area contributed by atoms with Crippen molar-refractivity contribution in [3.05, 3.63) is 55.7 Å². The number of esters is 1. The quantitative estimate of drug-likeness (QED) is 0.386. The molecule has 26 heavy (non-hydrogen) atoms. The van der Waals surface area contributed by atoms with Gasteiger partial charge < -0.3 is 9.30 Å². The first-order valence-corrected chi connectivity index (χ1v) is 9.03. The van der Waals surface area contributed by atoms with Gasteiger partial charge in [0.25, 0.3) is 5.91 Å². The highest BCUT2D eigenvalue weighted by molar-refractivity contribution is 7.17.